The van der Waals surface area contributed by atoms with E-state index in [1.165, 1.54) is 18.2 Å². The number of fused-ring (bicyclic) bond motifs is 1. The summed E-state index contributed by atoms with van der Waals surface area (Å²) in [6.07, 6.45) is 0. The zero-order valence-corrected chi connectivity index (χ0v) is 13.1. The molecule has 0 aliphatic heterocycles. The van der Waals surface area contributed by atoms with Crippen molar-refractivity contribution in [2.24, 2.45) is 0 Å². The van der Waals surface area contributed by atoms with Crippen molar-refractivity contribution in [2.75, 3.05) is 0 Å². The molecule has 0 saturated carbocycles. The van der Waals surface area contributed by atoms with Gasteiger partial charge in [-0.05, 0) is 35.4 Å². The molecule has 3 aromatic carbocycles. The second kappa shape index (κ2) is 5.83. The van der Waals surface area contributed by atoms with Crippen molar-refractivity contribution in [3.63, 3.8) is 0 Å². The summed E-state index contributed by atoms with van der Waals surface area (Å²) in [6.45, 7) is 0. The smallest absolute Gasteiger partial charge is 0.344 e. The molecule has 1 heterocycles. The van der Waals surface area contributed by atoms with Crippen LogP contribution in [0.2, 0.25) is 0 Å². The standard InChI is InChI=1S/C21H14O4/c22-15-8-6-14(7-9-15)20-19(13-4-2-1-3-5-13)17-11-10-16(23)12-18(17)25-21(20)24/h1-12,22-23H. The number of rotatable bonds is 2. The molecule has 4 aromatic rings. The fourth-order valence-electron chi connectivity index (χ4n) is 2.98. The normalized spacial score (nSPS) is 10.9. The van der Waals surface area contributed by atoms with Crippen molar-refractivity contribution < 1.29 is 14.6 Å². The molecule has 1 aromatic heterocycles. The summed E-state index contributed by atoms with van der Waals surface area (Å²) in [5.74, 6) is 0.159. The Labute approximate surface area is 143 Å². The van der Waals surface area contributed by atoms with Gasteiger partial charge in [0, 0.05) is 17.0 Å². The molecule has 0 unspecified atom stereocenters. The zero-order chi connectivity index (χ0) is 17.4. The van der Waals surface area contributed by atoms with Crippen LogP contribution in [0.5, 0.6) is 11.5 Å². The van der Waals surface area contributed by atoms with E-state index >= 15 is 0 Å². The first-order chi connectivity index (χ1) is 12.1. The molecular weight excluding hydrogens is 316 g/mol. The lowest BCUT2D eigenvalue weighted by molar-refractivity contribution is 0.473. The van der Waals surface area contributed by atoms with Gasteiger partial charge in [-0.15, -0.1) is 0 Å². The number of phenols is 2. The van der Waals surface area contributed by atoms with Crippen molar-refractivity contribution in [1.82, 2.24) is 0 Å². The van der Waals surface area contributed by atoms with Gasteiger partial charge in [-0.1, -0.05) is 42.5 Å². The minimum absolute atomic E-state index is 0.0343. The summed E-state index contributed by atoms with van der Waals surface area (Å²) in [7, 11) is 0. The highest BCUT2D eigenvalue weighted by Gasteiger charge is 2.18. The molecule has 0 amide bonds. The third-order valence-corrected chi connectivity index (χ3v) is 4.11. The Hall–Kier alpha value is -3.53. The molecule has 0 saturated heterocycles. The SMILES string of the molecule is O=c1oc2cc(O)ccc2c(-c2ccccc2)c1-c1ccc(O)cc1. The van der Waals surface area contributed by atoms with E-state index in [2.05, 4.69) is 0 Å². The van der Waals surface area contributed by atoms with Crippen LogP contribution in [0.1, 0.15) is 0 Å². The molecule has 4 heteroatoms. The molecule has 2 N–H and O–H groups in total. The Bertz CT molecular complexity index is 1110. The van der Waals surface area contributed by atoms with E-state index in [0.717, 1.165) is 16.5 Å². The lowest BCUT2D eigenvalue weighted by Gasteiger charge is -2.12. The summed E-state index contributed by atoms with van der Waals surface area (Å²) in [6, 6.07) is 20.7. The van der Waals surface area contributed by atoms with Crippen LogP contribution in [-0.4, -0.2) is 10.2 Å². The second-order valence-corrected chi connectivity index (χ2v) is 5.73. The van der Waals surface area contributed by atoms with Crippen molar-refractivity contribution in [2.45, 2.75) is 0 Å². The van der Waals surface area contributed by atoms with Gasteiger partial charge in [0.2, 0.25) is 0 Å². The molecule has 0 bridgehead atoms. The fraction of sp³-hybridized carbons (Fsp3) is 0. The largest absolute Gasteiger partial charge is 0.508 e. The minimum atomic E-state index is -0.498. The number of benzene rings is 3. The van der Waals surface area contributed by atoms with Gasteiger partial charge in [-0.2, -0.15) is 0 Å². The molecule has 0 radical (unpaired) electrons. The van der Waals surface area contributed by atoms with Gasteiger partial charge in [-0.25, -0.2) is 4.79 Å². The number of hydrogen-bond acceptors (Lipinski definition) is 4. The van der Waals surface area contributed by atoms with E-state index in [1.807, 2.05) is 30.3 Å². The van der Waals surface area contributed by atoms with Crippen molar-refractivity contribution in [1.29, 1.82) is 0 Å². The molecule has 0 aliphatic rings. The van der Waals surface area contributed by atoms with Crippen LogP contribution in [-0.2, 0) is 0 Å². The number of aromatic hydroxyl groups is 2. The summed E-state index contributed by atoms with van der Waals surface area (Å²) in [4.78, 5) is 12.7. The van der Waals surface area contributed by atoms with Gasteiger partial charge in [0.05, 0.1) is 5.56 Å². The van der Waals surface area contributed by atoms with E-state index in [-0.39, 0.29) is 11.5 Å². The van der Waals surface area contributed by atoms with Gasteiger partial charge in [-0.3, -0.25) is 0 Å². The maximum atomic E-state index is 12.7. The summed E-state index contributed by atoms with van der Waals surface area (Å²) >= 11 is 0. The molecule has 4 rings (SSSR count). The maximum absolute atomic E-state index is 12.7. The molecule has 0 fully saturated rings. The topological polar surface area (TPSA) is 70.7 Å². The zero-order valence-electron chi connectivity index (χ0n) is 13.1. The average Bonchev–Trinajstić information content (AvgIpc) is 2.62. The molecule has 25 heavy (non-hydrogen) atoms. The van der Waals surface area contributed by atoms with Gasteiger partial charge in [0.25, 0.3) is 0 Å². The van der Waals surface area contributed by atoms with E-state index < -0.39 is 5.63 Å². The molecule has 0 spiro atoms. The van der Waals surface area contributed by atoms with Gasteiger partial charge in [0.15, 0.2) is 0 Å². The van der Waals surface area contributed by atoms with Crippen LogP contribution in [0, 0.1) is 0 Å². The lowest BCUT2D eigenvalue weighted by Crippen LogP contribution is -2.06. The first kappa shape index (κ1) is 15.0. The number of hydrogen-bond donors (Lipinski definition) is 2. The molecule has 4 nitrogen and oxygen atoms in total. The second-order valence-electron chi connectivity index (χ2n) is 5.73. The van der Waals surface area contributed by atoms with E-state index in [0.29, 0.717) is 16.7 Å². The highest BCUT2D eigenvalue weighted by Crippen LogP contribution is 2.37. The van der Waals surface area contributed by atoms with Crippen LogP contribution in [0.15, 0.2) is 82.0 Å². The van der Waals surface area contributed by atoms with Gasteiger partial charge >= 0.3 is 5.63 Å². The minimum Gasteiger partial charge on any atom is -0.508 e. The van der Waals surface area contributed by atoms with Gasteiger partial charge in [0.1, 0.15) is 17.1 Å². The van der Waals surface area contributed by atoms with Crippen LogP contribution >= 0.6 is 0 Å². The maximum Gasteiger partial charge on any atom is 0.344 e. The third kappa shape index (κ3) is 2.64. The summed E-state index contributed by atoms with van der Waals surface area (Å²) < 4.78 is 5.44. The quantitative estimate of drug-likeness (QED) is 0.529. The van der Waals surface area contributed by atoms with Gasteiger partial charge < -0.3 is 14.6 Å². The lowest BCUT2D eigenvalue weighted by atomic mass is 9.93. The summed E-state index contributed by atoms with van der Waals surface area (Å²) in [5, 5.41) is 20.0. The highest BCUT2D eigenvalue weighted by atomic mass is 16.4. The molecule has 0 atom stereocenters. The monoisotopic (exact) mass is 330 g/mol. The van der Waals surface area contributed by atoms with E-state index in [9.17, 15) is 15.0 Å². The Morgan fingerprint density at radius 1 is 0.680 bits per heavy atom. The summed E-state index contributed by atoms with van der Waals surface area (Å²) in [5.41, 5.74) is 2.51. The van der Waals surface area contributed by atoms with Crippen molar-refractivity contribution in [3.05, 3.63) is 83.2 Å². The van der Waals surface area contributed by atoms with Crippen LogP contribution in [0.4, 0.5) is 0 Å². The third-order valence-electron chi connectivity index (χ3n) is 4.11. The Balaban J connectivity index is 2.15. The highest BCUT2D eigenvalue weighted by molar-refractivity contribution is 6.01. The Morgan fingerprint density at radius 2 is 1.32 bits per heavy atom. The Kier molecular flexibility index (Phi) is 3.51. The molecule has 122 valence electrons. The van der Waals surface area contributed by atoms with Crippen LogP contribution in [0.3, 0.4) is 0 Å². The number of phenolic OH excluding ortho intramolecular Hbond substituents is 2. The first-order valence-electron chi connectivity index (χ1n) is 7.78. The fourth-order valence-corrected chi connectivity index (χ4v) is 2.98. The molecule has 0 aliphatic carbocycles. The first-order valence-corrected chi connectivity index (χ1v) is 7.78. The van der Waals surface area contributed by atoms with Crippen molar-refractivity contribution >= 4 is 11.0 Å². The van der Waals surface area contributed by atoms with E-state index in [4.69, 9.17) is 4.42 Å². The predicted octanol–water partition coefficient (Wildman–Crippen LogP) is 4.54. The van der Waals surface area contributed by atoms with Crippen LogP contribution in [0.25, 0.3) is 33.2 Å². The van der Waals surface area contributed by atoms with Crippen molar-refractivity contribution in [3.8, 4) is 33.8 Å². The average molecular weight is 330 g/mol. The van der Waals surface area contributed by atoms with Crippen LogP contribution < -0.4 is 5.63 Å². The molecular formula is C21H14O4. The van der Waals surface area contributed by atoms with E-state index in [1.54, 1.807) is 24.3 Å². The Morgan fingerprint density at radius 3 is 2.04 bits per heavy atom. The predicted molar refractivity (Wildman–Crippen MR) is 96.7 cm³/mol.